The molecule has 3 aromatic rings. The molecule has 7 heteroatoms. The van der Waals surface area contributed by atoms with E-state index >= 15 is 0 Å². The van der Waals surface area contributed by atoms with Crippen molar-refractivity contribution in [3.05, 3.63) is 70.2 Å². The van der Waals surface area contributed by atoms with Crippen molar-refractivity contribution in [2.24, 2.45) is 0 Å². The molecule has 0 radical (unpaired) electrons. The van der Waals surface area contributed by atoms with Crippen LogP contribution in [0.15, 0.2) is 34.9 Å². The van der Waals surface area contributed by atoms with Gasteiger partial charge in [-0.05, 0) is 43.4 Å². The highest BCUT2D eigenvalue weighted by molar-refractivity contribution is 5.91. The minimum absolute atomic E-state index is 0.210. The Morgan fingerprint density at radius 1 is 1.29 bits per heavy atom. The summed E-state index contributed by atoms with van der Waals surface area (Å²) in [5.74, 6) is 0.365. The molecule has 1 aliphatic rings. The smallest absolute Gasteiger partial charge is 0.273 e. The first-order valence-corrected chi connectivity index (χ1v) is 9.62. The maximum Gasteiger partial charge on any atom is 0.273 e. The molecule has 3 heterocycles. The number of benzene rings is 1. The molecule has 0 aliphatic carbocycles. The van der Waals surface area contributed by atoms with Gasteiger partial charge in [-0.3, -0.25) is 14.8 Å². The molecule has 1 aliphatic heterocycles. The fraction of sp³-hybridized carbons (Fsp3) is 0.381. The Kier molecular flexibility index (Phi) is 5.25. The van der Waals surface area contributed by atoms with Crippen LogP contribution in [0, 0.1) is 13.8 Å². The zero-order valence-electron chi connectivity index (χ0n) is 16.3. The van der Waals surface area contributed by atoms with Crippen molar-refractivity contribution in [2.45, 2.75) is 39.8 Å². The van der Waals surface area contributed by atoms with Gasteiger partial charge in [0.05, 0.1) is 12.2 Å². The summed E-state index contributed by atoms with van der Waals surface area (Å²) in [5, 5.41) is 10.0. The van der Waals surface area contributed by atoms with E-state index < -0.39 is 0 Å². The summed E-state index contributed by atoms with van der Waals surface area (Å²) in [5.41, 5.74) is 6.24. The third kappa shape index (κ3) is 3.99. The molecule has 0 atom stereocenters. The molecular weight excluding hydrogens is 354 g/mol. The molecule has 0 spiro atoms. The lowest BCUT2D eigenvalue weighted by molar-refractivity contribution is 0.0949. The first kappa shape index (κ1) is 18.4. The Balaban J connectivity index is 1.30. The standard InChI is InChI=1S/C21H25N5O2/c1-14-18(15(2)25-24-14)7-9-22-21(27)19-13-28-20(23-19)12-26-10-8-16-5-3-4-6-17(16)11-26/h3-6,13H,7-12H2,1-2H3,(H,22,27)(H,24,25). The summed E-state index contributed by atoms with van der Waals surface area (Å²) < 4.78 is 5.54. The van der Waals surface area contributed by atoms with Crippen molar-refractivity contribution in [1.29, 1.82) is 0 Å². The molecule has 0 bridgehead atoms. The molecule has 0 fully saturated rings. The van der Waals surface area contributed by atoms with Crippen molar-refractivity contribution < 1.29 is 9.21 Å². The summed E-state index contributed by atoms with van der Waals surface area (Å²) >= 11 is 0. The Morgan fingerprint density at radius 3 is 2.89 bits per heavy atom. The van der Waals surface area contributed by atoms with E-state index in [0.717, 1.165) is 42.9 Å². The average Bonchev–Trinajstić information content (AvgIpc) is 3.29. The van der Waals surface area contributed by atoms with Gasteiger partial charge in [-0.15, -0.1) is 0 Å². The number of aromatic nitrogens is 3. The van der Waals surface area contributed by atoms with E-state index in [1.807, 2.05) is 13.8 Å². The molecular formula is C21H25N5O2. The maximum atomic E-state index is 12.3. The van der Waals surface area contributed by atoms with Gasteiger partial charge in [0.25, 0.3) is 5.91 Å². The second-order valence-electron chi connectivity index (χ2n) is 7.27. The van der Waals surface area contributed by atoms with Crippen LogP contribution in [0.3, 0.4) is 0 Å². The molecule has 1 amide bonds. The van der Waals surface area contributed by atoms with E-state index in [0.29, 0.717) is 24.7 Å². The Labute approximate surface area is 164 Å². The lowest BCUT2D eigenvalue weighted by atomic mass is 10.00. The molecule has 4 rings (SSSR count). The van der Waals surface area contributed by atoms with Gasteiger partial charge in [-0.2, -0.15) is 5.10 Å². The summed E-state index contributed by atoms with van der Waals surface area (Å²) in [6, 6.07) is 8.51. The minimum atomic E-state index is -0.210. The van der Waals surface area contributed by atoms with Crippen molar-refractivity contribution in [3.8, 4) is 0 Å². The van der Waals surface area contributed by atoms with Crippen LogP contribution in [0.2, 0.25) is 0 Å². The molecule has 2 aromatic heterocycles. The highest BCUT2D eigenvalue weighted by atomic mass is 16.3. The fourth-order valence-electron chi connectivity index (χ4n) is 3.70. The maximum absolute atomic E-state index is 12.3. The molecule has 28 heavy (non-hydrogen) atoms. The second-order valence-corrected chi connectivity index (χ2v) is 7.27. The molecule has 7 nitrogen and oxygen atoms in total. The number of carbonyl (C=O) groups is 1. The third-order valence-corrected chi connectivity index (χ3v) is 5.29. The summed E-state index contributed by atoms with van der Waals surface area (Å²) in [4.78, 5) is 19.0. The van der Waals surface area contributed by atoms with Crippen molar-refractivity contribution in [1.82, 2.24) is 25.4 Å². The minimum Gasteiger partial charge on any atom is -0.447 e. The van der Waals surface area contributed by atoms with Gasteiger partial charge in [0.15, 0.2) is 5.69 Å². The zero-order valence-corrected chi connectivity index (χ0v) is 16.3. The van der Waals surface area contributed by atoms with E-state index in [1.165, 1.54) is 17.4 Å². The SMILES string of the molecule is Cc1n[nH]c(C)c1CCNC(=O)c1coc(CN2CCc3ccccc3C2)n1. The first-order chi connectivity index (χ1) is 13.6. The second kappa shape index (κ2) is 7.98. The number of hydrogen-bond donors (Lipinski definition) is 2. The molecule has 1 aromatic carbocycles. The predicted octanol–water partition coefficient (Wildman–Crippen LogP) is 2.55. The summed E-state index contributed by atoms with van der Waals surface area (Å²) in [7, 11) is 0. The van der Waals surface area contributed by atoms with Crippen LogP contribution in [0.1, 0.15) is 44.5 Å². The molecule has 0 saturated heterocycles. The quantitative estimate of drug-likeness (QED) is 0.687. The fourth-order valence-corrected chi connectivity index (χ4v) is 3.70. The van der Waals surface area contributed by atoms with Gasteiger partial charge in [0.2, 0.25) is 5.89 Å². The van der Waals surface area contributed by atoms with E-state index in [1.54, 1.807) is 0 Å². The normalized spacial score (nSPS) is 14.1. The van der Waals surface area contributed by atoms with Crippen molar-refractivity contribution >= 4 is 5.91 Å². The highest BCUT2D eigenvalue weighted by Crippen LogP contribution is 2.20. The number of aryl methyl sites for hydroxylation is 2. The number of rotatable bonds is 6. The number of H-pyrrole nitrogens is 1. The lowest BCUT2D eigenvalue weighted by Gasteiger charge is -2.27. The van der Waals surface area contributed by atoms with Gasteiger partial charge in [0.1, 0.15) is 6.26 Å². The van der Waals surface area contributed by atoms with Gasteiger partial charge in [-0.25, -0.2) is 4.98 Å². The number of fused-ring (bicyclic) bond motifs is 1. The van der Waals surface area contributed by atoms with Crippen LogP contribution in [0.5, 0.6) is 0 Å². The number of carbonyl (C=O) groups excluding carboxylic acids is 1. The van der Waals surface area contributed by atoms with Crippen LogP contribution < -0.4 is 5.32 Å². The van der Waals surface area contributed by atoms with E-state index in [9.17, 15) is 4.79 Å². The summed E-state index contributed by atoms with van der Waals surface area (Å²) in [6.45, 7) is 6.93. The van der Waals surface area contributed by atoms with Gasteiger partial charge in [0, 0.05) is 25.3 Å². The van der Waals surface area contributed by atoms with Crippen LogP contribution in [0.25, 0.3) is 0 Å². The topological polar surface area (TPSA) is 87.0 Å². The van der Waals surface area contributed by atoms with Crippen LogP contribution in [-0.2, 0) is 25.9 Å². The lowest BCUT2D eigenvalue weighted by Crippen LogP contribution is -2.30. The molecule has 0 saturated carbocycles. The van der Waals surface area contributed by atoms with Gasteiger partial charge >= 0.3 is 0 Å². The predicted molar refractivity (Wildman–Crippen MR) is 105 cm³/mol. The van der Waals surface area contributed by atoms with Crippen LogP contribution >= 0.6 is 0 Å². The van der Waals surface area contributed by atoms with Crippen molar-refractivity contribution in [3.63, 3.8) is 0 Å². The van der Waals surface area contributed by atoms with Gasteiger partial charge < -0.3 is 9.73 Å². The number of hydrogen-bond acceptors (Lipinski definition) is 5. The Morgan fingerprint density at radius 2 is 2.11 bits per heavy atom. The number of oxazole rings is 1. The Hall–Kier alpha value is -2.93. The number of aromatic amines is 1. The number of nitrogens with one attached hydrogen (secondary N) is 2. The Bertz CT molecular complexity index is 955. The average molecular weight is 379 g/mol. The van der Waals surface area contributed by atoms with E-state index in [2.05, 4.69) is 49.7 Å². The van der Waals surface area contributed by atoms with E-state index in [-0.39, 0.29) is 5.91 Å². The third-order valence-electron chi connectivity index (χ3n) is 5.29. The van der Waals surface area contributed by atoms with E-state index in [4.69, 9.17) is 4.42 Å². The largest absolute Gasteiger partial charge is 0.447 e. The van der Waals surface area contributed by atoms with Crippen molar-refractivity contribution in [2.75, 3.05) is 13.1 Å². The highest BCUT2D eigenvalue weighted by Gasteiger charge is 2.19. The summed E-state index contributed by atoms with van der Waals surface area (Å²) in [6.07, 6.45) is 3.20. The molecule has 146 valence electrons. The molecule has 2 N–H and O–H groups in total. The zero-order chi connectivity index (χ0) is 19.5. The number of nitrogens with zero attached hydrogens (tertiary/aromatic N) is 3. The number of amides is 1. The first-order valence-electron chi connectivity index (χ1n) is 9.62. The van der Waals surface area contributed by atoms with Gasteiger partial charge in [-0.1, -0.05) is 24.3 Å². The van der Waals surface area contributed by atoms with Crippen LogP contribution in [-0.4, -0.2) is 39.1 Å². The van der Waals surface area contributed by atoms with Crippen LogP contribution in [0.4, 0.5) is 0 Å². The molecule has 0 unspecified atom stereocenters. The monoisotopic (exact) mass is 379 g/mol.